The van der Waals surface area contributed by atoms with Crippen LogP contribution in [0.2, 0.25) is 0 Å². The zero-order valence-corrected chi connectivity index (χ0v) is 10.1. The molecule has 0 bridgehead atoms. The van der Waals surface area contributed by atoms with Crippen molar-refractivity contribution in [2.45, 2.75) is 26.3 Å². The molecule has 0 aromatic carbocycles. The molecule has 15 heavy (non-hydrogen) atoms. The fourth-order valence-electron chi connectivity index (χ4n) is 1.56. The van der Waals surface area contributed by atoms with Crippen LogP contribution in [0.3, 0.4) is 0 Å². The fraction of sp³-hybridized carbons (Fsp3) is 0.455. The van der Waals surface area contributed by atoms with Crippen LogP contribution in [-0.4, -0.2) is 10.4 Å². The predicted octanol–water partition coefficient (Wildman–Crippen LogP) is 1.90. The molecule has 2 rings (SSSR count). The van der Waals surface area contributed by atoms with Gasteiger partial charge in [-0.15, -0.1) is 0 Å². The molecule has 0 amide bonds. The summed E-state index contributed by atoms with van der Waals surface area (Å²) >= 11 is 3.32. The molecule has 0 radical (unpaired) electrons. The third kappa shape index (κ3) is 2.37. The van der Waals surface area contributed by atoms with E-state index in [1.165, 1.54) is 4.57 Å². The normalized spacial score (nSPS) is 15.3. The first-order chi connectivity index (χ1) is 7.08. The largest absolute Gasteiger partial charge is 0.307 e. The number of hydrogen-bond acceptors (Lipinski definition) is 2. The highest BCUT2D eigenvalue weighted by Crippen LogP contribution is 2.30. The Morgan fingerprint density at radius 1 is 1.60 bits per heavy atom. The van der Waals surface area contributed by atoms with Gasteiger partial charge in [-0.1, -0.05) is 0 Å². The summed E-state index contributed by atoms with van der Waals surface area (Å²) in [6, 6.07) is 1.76. The van der Waals surface area contributed by atoms with E-state index in [1.807, 2.05) is 0 Å². The first kappa shape index (κ1) is 10.6. The van der Waals surface area contributed by atoms with E-state index in [-0.39, 0.29) is 23.8 Å². The van der Waals surface area contributed by atoms with E-state index in [1.54, 1.807) is 19.2 Å². The second-order valence-electron chi connectivity index (χ2n) is 4.01. The number of aryl methyl sites for hydroxylation is 1. The van der Waals surface area contributed by atoms with Gasteiger partial charge in [-0.05, 0) is 41.8 Å². The van der Waals surface area contributed by atoms with Crippen molar-refractivity contribution in [2.24, 2.45) is 5.92 Å². The van der Waals surface area contributed by atoms with Gasteiger partial charge in [-0.2, -0.15) is 0 Å². The minimum absolute atomic E-state index is 0.0767. The number of carbonyl (C=O) groups is 1. The number of carbonyl (C=O) groups excluding carboxylic acids is 1. The van der Waals surface area contributed by atoms with Crippen LogP contribution in [-0.2, 0) is 11.3 Å². The SMILES string of the molecule is Cc1cc(Br)cn(CC(=O)C2CC2)c1=O. The highest BCUT2D eigenvalue weighted by atomic mass is 79.9. The zero-order valence-electron chi connectivity index (χ0n) is 8.50. The van der Waals surface area contributed by atoms with E-state index in [0.717, 1.165) is 17.3 Å². The lowest BCUT2D eigenvalue weighted by molar-refractivity contribution is -0.120. The number of pyridine rings is 1. The van der Waals surface area contributed by atoms with Crippen LogP contribution in [0, 0.1) is 12.8 Å². The standard InChI is InChI=1S/C11H12BrNO2/c1-7-4-9(12)5-13(11(7)15)6-10(14)8-2-3-8/h4-5,8H,2-3,6H2,1H3. The summed E-state index contributed by atoms with van der Waals surface area (Å²) < 4.78 is 2.32. The molecule has 1 aromatic rings. The van der Waals surface area contributed by atoms with Crippen molar-refractivity contribution in [1.82, 2.24) is 4.57 Å². The number of Topliss-reactive ketones (excluding diaryl/α,β-unsaturated/α-hetero) is 1. The lowest BCUT2D eigenvalue weighted by Gasteiger charge is -2.06. The Bertz CT molecular complexity index is 460. The second-order valence-corrected chi connectivity index (χ2v) is 4.93. The predicted molar refractivity (Wildman–Crippen MR) is 60.9 cm³/mol. The Kier molecular flexibility index (Phi) is 2.78. The fourth-order valence-corrected chi connectivity index (χ4v) is 2.15. The van der Waals surface area contributed by atoms with E-state index >= 15 is 0 Å². The number of aromatic nitrogens is 1. The Balaban J connectivity index is 2.27. The molecule has 1 fully saturated rings. The minimum Gasteiger partial charge on any atom is -0.307 e. The summed E-state index contributed by atoms with van der Waals surface area (Å²) in [5.41, 5.74) is 0.583. The van der Waals surface area contributed by atoms with E-state index in [4.69, 9.17) is 0 Å². The first-order valence-electron chi connectivity index (χ1n) is 4.97. The van der Waals surface area contributed by atoms with Gasteiger partial charge in [0.2, 0.25) is 0 Å². The molecule has 80 valence electrons. The number of hydrogen-bond donors (Lipinski definition) is 0. The van der Waals surface area contributed by atoms with Crippen LogP contribution in [0.1, 0.15) is 18.4 Å². The second kappa shape index (κ2) is 3.93. The van der Waals surface area contributed by atoms with Crippen molar-refractivity contribution < 1.29 is 4.79 Å². The number of ketones is 1. The van der Waals surface area contributed by atoms with Gasteiger partial charge in [0.15, 0.2) is 5.78 Å². The van der Waals surface area contributed by atoms with Gasteiger partial charge < -0.3 is 4.57 Å². The van der Waals surface area contributed by atoms with Crippen LogP contribution in [0.25, 0.3) is 0 Å². The zero-order chi connectivity index (χ0) is 11.0. The molecular formula is C11H12BrNO2. The van der Waals surface area contributed by atoms with Crippen molar-refractivity contribution in [3.8, 4) is 0 Å². The third-order valence-electron chi connectivity index (χ3n) is 2.59. The van der Waals surface area contributed by atoms with Gasteiger partial charge >= 0.3 is 0 Å². The first-order valence-corrected chi connectivity index (χ1v) is 5.76. The smallest absolute Gasteiger partial charge is 0.253 e. The average Bonchev–Trinajstić information content (AvgIpc) is 2.96. The van der Waals surface area contributed by atoms with Crippen molar-refractivity contribution in [3.05, 3.63) is 32.7 Å². The molecular weight excluding hydrogens is 258 g/mol. The van der Waals surface area contributed by atoms with Crippen molar-refractivity contribution in [3.63, 3.8) is 0 Å². The summed E-state index contributed by atoms with van der Waals surface area (Å²) in [6.07, 6.45) is 3.65. The lowest BCUT2D eigenvalue weighted by atomic mass is 10.2. The van der Waals surface area contributed by atoms with Crippen molar-refractivity contribution >= 4 is 21.7 Å². The number of nitrogens with zero attached hydrogens (tertiary/aromatic N) is 1. The number of halogens is 1. The molecule has 0 spiro atoms. The van der Waals surface area contributed by atoms with Gasteiger partial charge in [0, 0.05) is 22.2 Å². The Morgan fingerprint density at radius 3 is 2.87 bits per heavy atom. The summed E-state index contributed by atoms with van der Waals surface area (Å²) in [6.45, 7) is 1.97. The Labute approximate surface area is 96.2 Å². The average molecular weight is 270 g/mol. The molecule has 1 aromatic heterocycles. The van der Waals surface area contributed by atoms with Crippen LogP contribution >= 0.6 is 15.9 Å². The summed E-state index contributed by atoms with van der Waals surface area (Å²) in [5.74, 6) is 0.380. The van der Waals surface area contributed by atoms with Crippen LogP contribution in [0.4, 0.5) is 0 Å². The molecule has 4 heteroatoms. The van der Waals surface area contributed by atoms with Gasteiger partial charge in [-0.25, -0.2) is 0 Å². The Morgan fingerprint density at radius 2 is 2.27 bits per heavy atom. The summed E-state index contributed by atoms with van der Waals surface area (Å²) in [5, 5.41) is 0. The molecule has 0 aliphatic heterocycles. The van der Waals surface area contributed by atoms with E-state index in [0.29, 0.717) is 5.56 Å². The molecule has 0 saturated heterocycles. The maximum absolute atomic E-state index is 11.7. The summed E-state index contributed by atoms with van der Waals surface area (Å²) in [4.78, 5) is 23.3. The minimum atomic E-state index is -0.0767. The quantitative estimate of drug-likeness (QED) is 0.841. The highest BCUT2D eigenvalue weighted by Gasteiger charge is 2.29. The Hall–Kier alpha value is -0.900. The molecule has 1 saturated carbocycles. The molecule has 0 unspecified atom stereocenters. The van der Waals surface area contributed by atoms with Crippen LogP contribution in [0.15, 0.2) is 21.5 Å². The lowest BCUT2D eigenvalue weighted by Crippen LogP contribution is -2.26. The van der Waals surface area contributed by atoms with Crippen molar-refractivity contribution in [2.75, 3.05) is 0 Å². The molecule has 1 aliphatic carbocycles. The van der Waals surface area contributed by atoms with Crippen LogP contribution < -0.4 is 5.56 Å². The monoisotopic (exact) mass is 269 g/mol. The highest BCUT2D eigenvalue weighted by molar-refractivity contribution is 9.10. The molecule has 1 aliphatic rings. The molecule has 0 atom stereocenters. The maximum Gasteiger partial charge on any atom is 0.253 e. The van der Waals surface area contributed by atoms with Gasteiger partial charge in [0.25, 0.3) is 5.56 Å². The van der Waals surface area contributed by atoms with Gasteiger partial charge in [-0.3, -0.25) is 9.59 Å². The van der Waals surface area contributed by atoms with E-state index in [2.05, 4.69) is 15.9 Å². The number of rotatable bonds is 3. The molecule has 3 nitrogen and oxygen atoms in total. The van der Waals surface area contributed by atoms with Gasteiger partial charge in [0.05, 0.1) is 6.54 Å². The van der Waals surface area contributed by atoms with Crippen LogP contribution in [0.5, 0.6) is 0 Å². The topological polar surface area (TPSA) is 39.1 Å². The maximum atomic E-state index is 11.7. The van der Waals surface area contributed by atoms with E-state index < -0.39 is 0 Å². The molecule has 1 heterocycles. The molecule has 0 N–H and O–H groups in total. The van der Waals surface area contributed by atoms with E-state index in [9.17, 15) is 9.59 Å². The van der Waals surface area contributed by atoms with Crippen molar-refractivity contribution in [1.29, 1.82) is 0 Å². The third-order valence-corrected chi connectivity index (χ3v) is 3.02. The van der Waals surface area contributed by atoms with Gasteiger partial charge in [0.1, 0.15) is 0 Å². The summed E-state index contributed by atoms with van der Waals surface area (Å²) in [7, 11) is 0.